The third kappa shape index (κ3) is 3.83. The van der Waals surface area contributed by atoms with Crippen molar-refractivity contribution in [1.29, 1.82) is 0 Å². The summed E-state index contributed by atoms with van der Waals surface area (Å²) in [5.41, 5.74) is 1.30. The van der Waals surface area contributed by atoms with E-state index in [9.17, 15) is 25.2 Å². The fraction of sp³-hybridized carbons (Fsp3) is 0.269. The highest BCUT2D eigenvalue weighted by Crippen LogP contribution is 2.47. The number of benzene rings is 3. The molecule has 4 atom stereocenters. The maximum Gasteiger partial charge on any atom is 0.177 e. The maximum atomic E-state index is 13.0. The quantitative estimate of drug-likeness (QED) is 0.441. The molecule has 9 nitrogen and oxygen atoms in total. The molecule has 0 saturated heterocycles. The first-order chi connectivity index (χ1) is 16.8. The second kappa shape index (κ2) is 8.59. The highest BCUT2D eigenvalue weighted by Gasteiger charge is 2.39. The molecule has 0 fully saturated rings. The minimum absolute atomic E-state index is 0.0262. The normalized spacial score (nSPS) is 22.8. The minimum Gasteiger partial charge on any atom is -0.508 e. The molecule has 182 valence electrons. The molecule has 0 saturated carbocycles. The monoisotopic (exact) mass is 480 g/mol. The van der Waals surface area contributed by atoms with Crippen molar-refractivity contribution in [2.75, 3.05) is 13.7 Å². The Bertz CT molecular complexity index is 1300. The summed E-state index contributed by atoms with van der Waals surface area (Å²) in [5.74, 6) is -0.346. The van der Waals surface area contributed by atoms with Gasteiger partial charge in [-0.1, -0.05) is 19.1 Å². The lowest BCUT2D eigenvalue weighted by Gasteiger charge is -2.35. The van der Waals surface area contributed by atoms with Gasteiger partial charge in [-0.2, -0.15) is 0 Å². The summed E-state index contributed by atoms with van der Waals surface area (Å²) >= 11 is 0. The number of phenols is 3. The van der Waals surface area contributed by atoms with Crippen LogP contribution < -0.4 is 18.9 Å². The number of Topliss-reactive ketones (excluding diaryl/α,β-unsaturated/α-hetero) is 1. The summed E-state index contributed by atoms with van der Waals surface area (Å²) in [6.45, 7) is 1.39. The maximum absolute atomic E-state index is 13.0. The molecule has 0 spiro atoms. The number of carbonyl (C=O) groups is 1. The van der Waals surface area contributed by atoms with Gasteiger partial charge in [-0.15, -0.1) is 0 Å². The van der Waals surface area contributed by atoms with Crippen LogP contribution in [0.2, 0.25) is 0 Å². The van der Waals surface area contributed by atoms with Gasteiger partial charge in [0.05, 0.1) is 19.6 Å². The van der Waals surface area contributed by atoms with E-state index in [2.05, 4.69) is 0 Å². The number of phenolic OH excluding ortho intramolecular Hbond substituents is 3. The molecular formula is C26H24O9. The molecule has 1 unspecified atom stereocenters. The minimum atomic E-state index is -0.702. The van der Waals surface area contributed by atoms with E-state index in [-0.39, 0.29) is 46.7 Å². The van der Waals surface area contributed by atoms with E-state index in [0.717, 1.165) is 6.07 Å². The Morgan fingerprint density at radius 1 is 0.829 bits per heavy atom. The van der Waals surface area contributed by atoms with Crippen molar-refractivity contribution < 1.29 is 44.2 Å². The van der Waals surface area contributed by atoms with Crippen molar-refractivity contribution in [1.82, 2.24) is 0 Å². The van der Waals surface area contributed by atoms with Crippen molar-refractivity contribution in [3.05, 3.63) is 65.2 Å². The molecule has 9 heteroatoms. The molecule has 2 aliphatic rings. The number of hydrogen-bond donors (Lipinski definition) is 4. The topological polar surface area (TPSA) is 135 Å². The Labute approximate surface area is 200 Å². The molecular weight excluding hydrogens is 456 g/mol. The molecule has 5 rings (SSSR count). The van der Waals surface area contributed by atoms with Crippen LogP contribution in [0.3, 0.4) is 0 Å². The smallest absolute Gasteiger partial charge is 0.177 e. The Balaban J connectivity index is 1.49. The first-order valence-electron chi connectivity index (χ1n) is 11.0. The van der Waals surface area contributed by atoms with Gasteiger partial charge in [0.1, 0.15) is 28.9 Å². The SMILES string of the molecule is COc1cc([C@H]2Oc3cc([C@@H]4Oc5cc(O)cc(O)c5C(=O)[C@@H]4C)ccc3OC2CO)ccc1O. The number of hydrogen-bond acceptors (Lipinski definition) is 9. The van der Waals surface area contributed by atoms with Crippen LogP contribution in [-0.2, 0) is 0 Å². The predicted molar refractivity (Wildman–Crippen MR) is 123 cm³/mol. The number of aliphatic hydroxyl groups is 1. The van der Waals surface area contributed by atoms with Gasteiger partial charge in [0.2, 0.25) is 0 Å². The third-order valence-corrected chi connectivity index (χ3v) is 6.31. The van der Waals surface area contributed by atoms with E-state index in [4.69, 9.17) is 18.9 Å². The number of rotatable bonds is 4. The largest absolute Gasteiger partial charge is 0.508 e. The first-order valence-corrected chi connectivity index (χ1v) is 11.0. The van der Waals surface area contributed by atoms with Crippen LogP contribution in [0.5, 0.6) is 40.2 Å². The number of fused-ring (bicyclic) bond motifs is 2. The zero-order valence-electron chi connectivity index (χ0n) is 19.0. The van der Waals surface area contributed by atoms with E-state index >= 15 is 0 Å². The second-order valence-electron chi connectivity index (χ2n) is 8.54. The van der Waals surface area contributed by atoms with E-state index in [1.165, 1.54) is 19.2 Å². The fourth-order valence-electron chi connectivity index (χ4n) is 4.50. The van der Waals surface area contributed by atoms with Crippen LogP contribution in [0, 0.1) is 5.92 Å². The number of carbonyl (C=O) groups excluding carboxylic acids is 1. The summed E-state index contributed by atoms with van der Waals surface area (Å²) in [7, 11) is 1.44. The number of aromatic hydroxyl groups is 3. The highest BCUT2D eigenvalue weighted by molar-refractivity contribution is 6.04. The molecule has 0 bridgehead atoms. The molecule has 0 aliphatic carbocycles. The Morgan fingerprint density at radius 3 is 2.29 bits per heavy atom. The number of ether oxygens (including phenoxy) is 4. The van der Waals surface area contributed by atoms with Gasteiger partial charge < -0.3 is 39.4 Å². The van der Waals surface area contributed by atoms with Crippen molar-refractivity contribution in [2.45, 2.75) is 25.2 Å². The Morgan fingerprint density at radius 2 is 1.54 bits per heavy atom. The van der Waals surface area contributed by atoms with E-state index in [0.29, 0.717) is 22.6 Å². The lowest BCUT2D eigenvalue weighted by molar-refractivity contribution is -0.0127. The van der Waals surface area contributed by atoms with Gasteiger partial charge >= 0.3 is 0 Å². The van der Waals surface area contributed by atoms with E-state index in [1.54, 1.807) is 37.3 Å². The number of methoxy groups -OCH3 is 1. The van der Waals surface area contributed by atoms with Gasteiger partial charge in [-0.25, -0.2) is 0 Å². The zero-order chi connectivity index (χ0) is 24.9. The summed E-state index contributed by atoms with van der Waals surface area (Å²) in [6.07, 6.45) is -2.10. The summed E-state index contributed by atoms with van der Waals surface area (Å²) in [5, 5.41) is 39.8. The Hall–Kier alpha value is -4.11. The van der Waals surface area contributed by atoms with Crippen LogP contribution in [0.1, 0.15) is 40.6 Å². The fourth-order valence-corrected chi connectivity index (χ4v) is 4.50. The van der Waals surface area contributed by atoms with Crippen LogP contribution in [0.4, 0.5) is 0 Å². The molecule has 2 heterocycles. The second-order valence-corrected chi connectivity index (χ2v) is 8.54. The van der Waals surface area contributed by atoms with Gasteiger partial charge in [-0.05, 0) is 29.8 Å². The molecule has 4 N–H and O–H groups in total. The van der Waals surface area contributed by atoms with Gasteiger partial charge in [-0.3, -0.25) is 4.79 Å². The van der Waals surface area contributed by atoms with Gasteiger partial charge in [0.25, 0.3) is 0 Å². The van der Waals surface area contributed by atoms with Gasteiger partial charge in [0, 0.05) is 17.7 Å². The standard InChI is InChI=1S/C26H24O9/c1-12-24(31)23-17(30)9-15(28)10-21(23)35-25(12)13-4-6-18-20(8-13)34-26(22(11-27)33-18)14-3-5-16(29)19(7-14)32-2/h3-10,12,22,25-30H,11H2,1-2H3/t12-,22?,25+,26+/m0/s1. The summed E-state index contributed by atoms with van der Waals surface area (Å²) < 4.78 is 23.4. The molecule has 0 amide bonds. The van der Waals surface area contributed by atoms with Crippen LogP contribution in [0.15, 0.2) is 48.5 Å². The van der Waals surface area contributed by atoms with E-state index in [1.807, 2.05) is 0 Å². The highest BCUT2D eigenvalue weighted by atomic mass is 16.6. The molecule has 3 aromatic carbocycles. The van der Waals surface area contributed by atoms with Crippen molar-refractivity contribution >= 4 is 5.78 Å². The number of ketones is 1. The van der Waals surface area contributed by atoms with E-state index < -0.39 is 24.2 Å². The predicted octanol–water partition coefficient (Wildman–Crippen LogP) is 3.64. The Kier molecular flexibility index (Phi) is 5.56. The summed E-state index contributed by atoms with van der Waals surface area (Å²) in [6, 6.07) is 12.3. The molecule has 0 aromatic heterocycles. The lowest BCUT2D eigenvalue weighted by atomic mass is 9.86. The zero-order valence-corrected chi connectivity index (χ0v) is 19.0. The van der Waals surface area contributed by atoms with Crippen LogP contribution >= 0.6 is 0 Å². The first kappa shape index (κ1) is 22.7. The van der Waals surface area contributed by atoms with Crippen LogP contribution in [0.25, 0.3) is 0 Å². The van der Waals surface area contributed by atoms with Crippen molar-refractivity contribution in [2.24, 2.45) is 5.92 Å². The molecule has 35 heavy (non-hydrogen) atoms. The third-order valence-electron chi connectivity index (χ3n) is 6.31. The molecule has 3 aromatic rings. The van der Waals surface area contributed by atoms with Gasteiger partial charge in [0.15, 0.2) is 41.0 Å². The van der Waals surface area contributed by atoms with Crippen molar-refractivity contribution in [3.63, 3.8) is 0 Å². The lowest BCUT2D eigenvalue weighted by Crippen LogP contribution is -2.36. The average molecular weight is 480 g/mol. The molecule has 0 radical (unpaired) electrons. The average Bonchev–Trinajstić information content (AvgIpc) is 2.85. The number of aliphatic hydroxyl groups excluding tert-OH is 1. The van der Waals surface area contributed by atoms with Crippen molar-refractivity contribution in [3.8, 4) is 40.2 Å². The molecule has 2 aliphatic heterocycles. The summed E-state index contributed by atoms with van der Waals surface area (Å²) in [4.78, 5) is 13.0. The van der Waals surface area contributed by atoms with Crippen LogP contribution in [-0.4, -0.2) is 46.0 Å².